The molecule has 2 heterocycles. The zero-order valence-electron chi connectivity index (χ0n) is 19.5. The molecule has 0 spiro atoms. The summed E-state index contributed by atoms with van der Waals surface area (Å²) in [6, 6.07) is 21.8. The molecule has 0 fully saturated rings. The largest absolute Gasteiger partial charge is 0.486 e. The lowest BCUT2D eigenvalue weighted by molar-refractivity contribution is 0.171. The predicted molar refractivity (Wildman–Crippen MR) is 143 cm³/mol. The van der Waals surface area contributed by atoms with E-state index < -0.39 is 0 Å². The van der Waals surface area contributed by atoms with E-state index in [1.165, 1.54) is 5.56 Å². The molecule has 2 N–H and O–H groups in total. The van der Waals surface area contributed by atoms with Gasteiger partial charge in [0.1, 0.15) is 18.9 Å². The van der Waals surface area contributed by atoms with Crippen molar-refractivity contribution in [2.24, 2.45) is 5.10 Å². The van der Waals surface area contributed by atoms with Gasteiger partial charge in [0.05, 0.1) is 11.9 Å². The third-order valence-corrected chi connectivity index (χ3v) is 5.99. The summed E-state index contributed by atoms with van der Waals surface area (Å²) in [7, 11) is 0. The van der Waals surface area contributed by atoms with Crippen molar-refractivity contribution < 1.29 is 9.47 Å². The minimum atomic E-state index is 0.409. The van der Waals surface area contributed by atoms with Gasteiger partial charge in [-0.25, -0.2) is 4.68 Å². The molecule has 4 aromatic rings. The van der Waals surface area contributed by atoms with Crippen molar-refractivity contribution in [3.05, 3.63) is 89.6 Å². The molecule has 0 aliphatic carbocycles. The van der Waals surface area contributed by atoms with Crippen LogP contribution in [0.5, 0.6) is 11.5 Å². The van der Waals surface area contributed by atoms with Gasteiger partial charge in [0.25, 0.3) is 0 Å². The Hall–Kier alpha value is -4.17. The van der Waals surface area contributed by atoms with E-state index in [1.807, 2.05) is 71.5 Å². The molecule has 0 radical (unpaired) electrons. The van der Waals surface area contributed by atoms with Crippen LogP contribution in [0, 0.1) is 13.8 Å². The van der Waals surface area contributed by atoms with E-state index >= 15 is 0 Å². The van der Waals surface area contributed by atoms with Gasteiger partial charge in [0, 0.05) is 23.0 Å². The van der Waals surface area contributed by atoms with Crippen molar-refractivity contribution >= 4 is 29.2 Å². The number of nitrogens with one attached hydrogen (secondary N) is 2. The molecule has 0 saturated carbocycles. The highest BCUT2D eigenvalue weighted by Gasteiger charge is 2.16. The monoisotopic (exact) mass is 483 g/mol. The van der Waals surface area contributed by atoms with E-state index in [0.717, 1.165) is 39.5 Å². The Labute approximate surface area is 209 Å². The van der Waals surface area contributed by atoms with Crippen LogP contribution >= 0.6 is 12.2 Å². The maximum Gasteiger partial charge on any atom is 0.191 e. The van der Waals surface area contributed by atoms with Crippen LogP contribution in [0.25, 0.3) is 16.9 Å². The molecule has 1 aromatic heterocycles. The minimum Gasteiger partial charge on any atom is -0.486 e. The van der Waals surface area contributed by atoms with E-state index in [1.54, 1.807) is 6.21 Å². The van der Waals surface area contributed by atoms with Crippen molar-refractivity contribution in [2.75, 3.05) is 18.5 Å². The molecule has 0 bridgehead atoms. The van der Waals surface area contributed by atoms with E-state index in [9.17, 15) is 0 Å². The third-order valence-electron chi connectivity index (χ3n) is 5.80. The summed E-state index contributed by atoms with van der Waals surface area (Å²) in [5.41, 5.74) is 9.65. The second-order valence-corrected chi connectivity index (χ2v) is 8.55. The summed E-state index contributed by atoms with van der Waals surface area (Å²) in [5.74, 6) is 1.45. The van der Waals surface area contributed by atoms with Gasteiger partial charge >= 0.3 is 0 Å². The lowest BCUT2D eigenvalue weighted by atomic mass is 10.1. The molecule has 5 rings (SSSR count). The molecular formula is C27H25N5O2S. The van der Waals surface area contributed by atoms with Gasteiger partial charge in [-0.05, 0) is 73.6 Å². The Kier molecular flexibility index (Phi) is 6.45. The SMILES string of the molecule is Cc1cccc(NC(=S)NN=Cc2cn(-c3ccccc3)nc2-c2ccc3c(c2)OCCO3)c1C. The number of hydrogen-bond donors (Lipinski definition) is 2. The summed E-state index contributed by atoms with van der Waals surface area (Å²) in [6.07, 6.45) is 3.66. The number of hydrogen-bond acceptors (Lipinski definition) is 5. The summed E-state index contributed by atoms with van der Waals surface area (Å²) >= 11 is 5.44. The first-order chi connectivity index (χ1) is 17.1. The molecule has 1 aliphatic rings. The number of anilines is 1. The number of ether oxygens (including phenoxy) is 2. The van der Waals surface area contributed by atoms with Crippen molar-refractivity contribution in [1.29, 1.82) is 0 Å². The molecule has 0 amide bonds. The average Bonchev–Trinajstić information content (AvgIpc) is 3.31. The van der Waals surface area contributed by atoms with E-state index in [4.69, 9.17) is 26.8 Å². The first kappa shape index (κ1) is 22.6. The van der Waals surface area contributed by atoms with Gasteiger partial charge in [0.2, 0.25) is 0 Å². The van der Waals surface area contributed by atoms with Crippen LogP contribution in [-0.4, -0.2) is 34.3 Å². The van der Waals surface area contributed by atoms with Gasteiger partial charge in [-0.15, -0.1) is 0 Å². The van der Waals surface area contributed by atoms with Gasteiger partial charge in [-0.3, -0.25) is 5.43 Å². The fourth-order valence-corrected chi connectivity index (χ4v) is 3.97. The standard InChI is InChI=1S/C27H25N5O2S/c1-18-7-6-10-23(19(18)2)29-27(35)30-28-16-21-17-32(22-8-4-3-5-9-22)31-26(21)20-11-12-24-25(15-20)34-14-13-33-24/h3-12,15-17H,13-14H2,1-2H3,(H2,29,30,35). The molecule has 0 saturated heterocycles. The van der Waals surface area contributed by atoms with E-state index in [0.29, 0.717) is 24.1 Å². The molecule has 176 valence electrons. The number of aromatic nitrogens is 2. The molecule has 8 heteroatoms. The predicted octanol–water partition coefficient (Wildman–Crippen LogP) is 5.25. The third kappa shape index (κ3) is 5.02. The number of para-hydroxylation sites is 1. The second kappa shape index (κ2) is 9.99. The summed E-state index contributed by atoms with van der Waals surface area (Å²) < 4.78 is 13.3. The minimum absolute atomic E-state index is 0.409. The Balaban J connectivity index is 1.41. The molecule has 1 aliphatic heterocycles. The maximum absolute atomic E-state index is 5.77. The van der Waals surface area contributed by atoms with Gasteiger partial charge in [-0.1, -0.05) is 30.3 Å². The fraction of sp³-hybridized carbons (Fsp3) is 0.148. The second-order valence-electron chi connectivity index (χ2n) is 8.14. The van der Waals surface area contributed by atoms with Crippen molar-refractivity contribution in [2.45, 2.75) is 13.8 Å². The smallest absolute Gasteiger partial charge is 0.191 e. The van der Waals surface area contributed by atoms with Gasteiger partial charge in [-0.2, -0.15) is 10.2 Å². The number of nitrogens with zero attached hydrogens (tertiary/aromatic N) is 3. The van der Waals surface area contributed by atoms with E-state index in [-0.39, 0.29) is 0 Å². The number of fused-ring (bicyclic) bond motifs is 1. The Bertz CT molecular complexity index is 1400. The summed E-state index contributed by atoms with van der Waals surface area (Å²) in [4.78, 5) is 0. The van der Waals surface area contributed by atoms with Crippen molar-refractivity contribution in [3.8, 4) is 28.4 Å². The molecule has 3 aromatic carbocycles. The highest BCUT2D eigenvalue weighted by molar-refractivity contribution is 7.80. The van der Waals surface area contributed by atoms with E-state index in [2.05, 4.69) is 35.8 Å². The fourth-order valence-electron chi connectivity index (χ4n) is 3.81. The van der Waals surface area contributed by atoms with Crippen LogP contribution in [0.4, 0.5) is 5.69 Å². The van der Waals surface area contributed by atoms with Crippen LogP contribution in [0.3, 0.4) is 0 Å². The molecule has 0 unspecified atom stereocenters. The first-order valence-corrected chi connectivity index (χ1v) is 11.7. The van der Waals surface area contributed by atoms with Crippen molar-refractivity contribution in [1.82, 2.24) is 15.2 Å². The number of hydrazone groups is 1. The number of aryl methyl sites for hydroxylation is 1. The average molecular weight is 484 g/mol. The molecule has 7 nitrogen and oxygen atoms in total. The normalized spacial score (nSPS) is 12.5. The molecular weight excluding hydrogens is 458 g/mol. The number of benzene rings is 3. The number of rotatable bonds is 5. The van der Waals surface area contributed by atoms with Crippen molar-refractivity contribution in [3.63, 3.8) is 0 Å². The summed E-state index contributed by atoms with van der Waals surface area (Å²) in [6.45, 7) is 5.20. The lowest BCUT2D eigenvalue weighted by Crippen LogP contribution is -2.24. The lowest BCUT2D eigenvalue weighted by Gasteiger charge is -2.18. The summed E-state index contributed by atoms with van der Waals surface area (Å²) in [5, 5.41) is 12.8. The van der Waals surface area contributed by atoms with Crippen LogP contribution in [-0.2, 0) is 0 Å². The molecule has 35 heavy (non-hydrogen) atoms. The quantitative estimate of drug-likeness (QED) is 0.230. The first-order valence-electron chi connectivity index (χ1n) is 11.3. The number of thiocarbonyl (C=S) groups is 1. The van der Waals surface area contributed by atoms with Crippen LogP contribution in [0.15, 0.2) is 78.0 Å². The zero-order valence-corrected chi connectivity index (χ0v) is 20.3. The van der Waals surface area contributed by atoms with Crippen LogP contribution in [0.2, 0.25) is 0 Å². The topological polar surface area (TPSA) is 72.7 Å². The van der Waals surface area contributed by atoms with Crippen LogP contribution in [0.1, 0.15) is 16.7 Å². The maximum atomic E-state index is 5.77. The highest BCUT2D eigenvalue weighted by atomic mass is 32.1. The zero-order chi connectivity index (χ0) is 24.2. The Morgan fingerprint density at radius 3 is 2.63 bits per heavy atom. The Morgan fingerprint density at radius 2 is 1.80 bits per heavy atom. The Morgan fingerprint density at radius 1 is 1.00 bits per heavy atom. The van der Waals surface area contributed by atoms with Gasteiger partial charge in [0.15, 0.2) is 16.6 Å². The van der Waals surface area contributed by atoms with Crippen LogP contribution < -0.4 is 20.2 Å². The molecule has 0 atom stereocenters. The van der Waals surface area contributed by atoms with Gasteiger partial charge < -0.3 is 14.8 Å². The highest BCUT2D eigenvalue weighted by Crippen LogP contribution is 2.35.